The van der Waals surface area contributed by atoms with Gasteiger partial charge >= 0.3 is 0 Å². The molecule has 31 heavy (non-hydrogen) atoms. The number of carbonyl (C=O) groups is 1. The second-order valence-corrected chi connectivity index (χ2v) is 9.38. The number of nitrogens with zero attached hydrogens (tertiary/aromatic N) is 2. The minimum Gasteiger partial charge on any atom is -0.489 e. The molecule has 0 radical (unpaired) electrons. The van der Waals surface area contributed by atoms with Crippen molar-refractivity contribution in [3.05, 3.63) is 98.4 Å². The van der Waals surface area contributed by atoms with Gasteiger partial charge in [-0.1, -0.05) is 68.3 Å². The average molecular weight is 544 g/mol. The Morgan fingerprint density at radius 2 is 1.65 bits per heavy atom. The van der Waals surface area contributed by atoms with Crippen molar-refractivity contribution >= 4 is 37.8 Å². The maximum absolute atomic E-state index is 13.0. The van der Waals surface area contributed by atoms with E-state index >= 15 is 0 Å². The smallest absolute Gasteiger partial charge is 0.253 e. The lowest BCUT2D eigenvalue weighted by Gasteiger charge is -2.35. The van der Waals surface area contributed by atoms with Gasteiger partial charge in [0.05, 0.1) is 0 Å². The van der Waals surface area contributed by atoms with E-state index in [4.69, 9.17) is 4.74 Å². The van der Waals surface area contributed by atoms with Crippen molar-refractivity contribution in [1.82, 2.24) is 9.80 Å². The van der Waals surface area contributed by atoms with Gasteiger partial charge in [-0.05, 0) is 47.5 Å². The highest BCUT2D eigenvalue weighted by molar-refractivity contribution is 9.10. The molecule has 3 aromatic carbocycles. The summed E-state index contributed by atoms with van der Waals surface area (Å²) in [7, 11) is 0. The molecule has 1 aliphatic heterocycles. The molecule has 0 saturated carbocycles. The summed E-state index contributed by atoms with van der Waals surface area (Å²) in [4.78, 5) is 17.4. The highest BCUT2D eigenvalue weighted by Gasteiger charge is 2.22. The Balaban J connectivity index is 1.32. The van der Waals surface area contributed by atoms with Gasteiger partial charge in [0, 0.05) is 47.2 Å². The van der Waals surface area contributed by atoms with Crippen LogP contribution in [-0.4, -0.2) is 41.9 Å². The van der Waals surface area contributed by atoms with E-state index in [-0.39, 0.29) is 5.91 Å². The van der Waals surface area contributed by atoms with Crippen LogP contribution in [0.3, 0.4) is 0 Å². The molecule has 6 heteroatoms. The molecule has 1 amide bonds. The zero-order valence-electron chi connectivity index (χ0n) is 17.1. The van der Waals surface area contributed by atoms with Gasteiger partial charge in [-0.3, -0.25) is 9.69 Å². The number of halogens is 2. The molecule has 0 aromatic heterocycles. The van der Waals surface area contributed by atoms with E-state index in [9.17, 15) is 4.79 Å². The molecule has 4 nitrogen and oxygen atoms in total. The molecule has 1 heterocycles. The largest absolute Gasteiger partial charge is 0.489 e. The number of hydrogen-bond donors (Lipinski definition) is 0. The first-order valence-electron chi connectivity index (χ1n) is 10.3. The van der Waals surface area contributed by atoms with Gasteiger partial charge in [0.25, 0.3) is 5.91 Å². The van der Waals surface area contributed by atoms with E-state index in [1.165, 1.54) is 5.56 Å². The first-order valence-corrected chi connectivity index (χ1v) is 11.9. The van der Waals surface area contributed by atoms with E-state index in [2.05, 4.69) is 55.0 Å². The van der Waals surface area contributed by atoms with E-state index < -0.39 is 0 Å². The van der Waals surface area contributed by atoms with Crippen molar-refractivity contribution in [3.8, 4) is 5.75 Å². The van der Waals surface area contributed by atoms with Gasteiger partial charge in [-0.25, -0.2) is 0 Å². The zero-order valence-corrected chi connectivity index (χ0v) is 20.3. The van der Waals surface area contributed by atoms with Crippen LogP contribution in [0.25, 0.3) is 0 Å². The third kappa shape index (κ3) is 5.97. The first kappa shape index (κ1) is 22.1. The van der Waals surface area contributed by atoms with Crippen molar-refractivity contribution in [3.63, 3.8) is 0 Å². The predicted molar refractivity (Wildman–Crippen MR) is 130 cm³/mol. The highest BCUT2D eigenvalue weighted by Crippen LogP contribution is 2.21. The number of amides is 1. The molecule has 0 atom stereocenters. The number of piperazine rings is 1. The molecule has 1 saturated heterocycles. The van der Waals surface area contributed by atoms with Gasteiger partial charge in [0.1, 0.15) is 12.4 Å². The van der Waals surface area contributed by atoms with Crippen molar-refractivity contribution in [2.45, 2.75) is 13.2 Å². The summed E-state index contributed by atoms with van der Waals surface area (Å²) in [5.74, 6) is 0.886. The number of benzene rings is 3. The molecule has 160 valence electrons. The van der Waals surface area contributed by atoms with Crippen LogP contribution in [0.4, 0.5) is 0 Å². The Morgan fingerprint density at radius 3 is 2.42 bits per heavy atom. The van der Waals surface area contributed by atoms with Gasteiger partial charge in [-0.2, -0.15) is 0 Å². The monoisotopic (exact) mass is 542 g/mol. The molecule has 0 bridgehead atoms. The van der Waals surface area contributed by atoms with Crippen molar-refractivity contribution in [2.75, 3.05) is 26.2 Å². The number of hydrogen-bond acceptors (Lipinski definition) is 3. The molecule has 1 fully saturated rings. The number of rotatable bonds is 6. The van der Waals surface area contributed by atoms with Crippen LogP contribution in [0.1, 0.15) is 21.5 Å². The number of ether oxygens (including phenoxy) is 1. The third-order valence-electron chi connectivity index (χ3n) is 5.39. The Labute approximate surface area is 200 Å². The summed E-state index contributed by atoms with van der Waals surface area (Å²) < 4.78 is 7.98. The second kappa shape index (κ2) is 10.4. The van der Waals surface area contributed by atoms with Crippen molar-refractivity contribution < 1.29 is 9.53 Å². The predicted octanol–water partition coefficient (Wildman–Crippen LogP) is 5.75. The van der Waals surface area contributed by atoms with E-state index in [0.29, 0.717) is 6.61 Å². The quantitative estimate of drug-likeness (QED) is 0.397. The van der Waals surface area contributed by atoms with Crippen molar-refractivity contribution in [2.24, 2.45) is 0 Å². The summed E-state index contributed by atoms with van der Waals surface area (Å²) in [5, 5.41) is 0. The summed E-state index contributed by atoms with van der Waals surface area (Å²) >= 11 is 7.08. The molecular weight excluding hydrogens is 520 g/mol. The van der Waals surface area contributed by atoms with Gasteiger partial charge in [0.15, 0.2) is 0 Å². The Hall–Kier alpha value is -2.15. The molecule has 0 spiro atoms. The topological polar surface area (TPSA) is 32.8 Å². The fourth-order valence-corrected chi connectivity index (χ4v) is 4.47. The number of carbonyl (C=O) groups excluding carboxylic acids is 1. The Bertz CT molecular complexity index is 1050. The van der Waals surface area contributed by atoms with Crippen LogP contribution in [0.15, 0.2) is 81.7 Å². The fourth-order valence-electron chi connectivity index (χ4n) is 3.68. The molecule has 0 N–H and O–H groups in total. The summed E-state index contributed by atoms with van der Waals surface area (Å²) in [6, 6.07) is 23.8. The molecule has 0 aliphatic carbocycles. The SMILES string of the molecule is O=C(c1cccc(COc2cccc(Br)c2)c1)N1CCN(Cc2ccccc2Br)CC1. The molecule has 3 aromatic rings. The lowest BCUT2D eigenvalue weighted by atomic mass is 10.1. The molecular formula is C25H24Br2N2O2. The maximum Gasteiger partial charge on any atom is 0.253 e. The van der Waals surface area contributed by atoms with Crippen LogP contribution < -0.4 is 4.74 Å². The first-order chi connectivity index (χ1) is 15.1. The average Bonchev–Trinajstić information content (AvgIpc) is 2.79. The van der Waals surface area contributed by atoms with E-state index in [0.717, 1.165) is 58.5 Å². The maximum atomic E-state index is 13.0. The van der Waals surface area contributed by atoms with E-state index in [1.54, 1.807) is 0 Å². The van der Waals surface area contributed by atoms with Gasteiger partial charge in [0.2, 0.25) is 0 Å². The minimum absolute atomic E-state index is 0.0878. The molecule has 4 rings (SSSR count). The molecule has 0 unspecified atom stereocenters. The minimum atomic E-state index is 0.0878. The lowest BCUT2D eigenvalue weighted by Crippen LogP contribution is -2.48. The Kier molecular flexibility index (Phi) is 7.43. The van der Waals surface area contributed by atoms with Crippen LogP contribution in [0.5, 0.6) is 5.75 Å². The van der Waals surface area contributed by atoms with Crippen LogP contribution in [-0.2, 0) is 13.2 Å². The van der Waals surface area contributed by atoms with Crippen LogP contribution in [0, 0.1) is 0 Å². The van der Waals surface area contributed by atoms with Gasteiger partial charge < -0.3 is 9.64 Å². The van der Waals surface area contributed by atoms with E-state index in [1.807, 2.05) is 59.5 Å². The van der Waals surface area contributed by atoms with Gasteiger partial charge in [-0.15, -0.1) is 0 Å². The van der Waals surface area contributed by atoms with Crippen LogP contribution in [0.2, 0.25) is 0 Å². The standard InChI is InChI=1S/C25H24Br2N2O2/c26-22-8-4-9-23(16-22)31-18-19-5-3-7-20(15-19)25(30)29-13-11-28(12-14-29)17-21-6-1-2-10-24(21)27/h1-10,15-16H,11-14,17-18H2. The van der Waals surface area contributed by atoms with Crippen LogP contribution >= 0.6 is 31.9 Å². The second-order valence-electron chi connectivity index (χ2n) is 7.61. The van der Waals surface area contributed by atoms with Crippen molar-refractivity contribution in [1.29, 1.82) is 0 Å². The lowest BCUT2D eigenvalue weighted by molar-refractivity contribution is 0.0628. The Morgan fingerprint density at radius 1 is 0.871 bits per heavy atom. The summed E-state index contributed by atoms with van der Waals surface area (Å²) in [6.45, 7) is 4.55. The summed E-state index contributed by atoms with van der Waals surface area (Å²) in [5.41, 5.74) is 2.98. The normalized spacial score (nSPS) is 14.5. The fraction of sp³-hybridized carbons (Fsp3) is 0.240. The summed E-state index contributed by atoms with van der Waals surface area (Å²) in [6.07, 6.45) is 0. The zero-order chi connectivity index (χ0) is 21.6. The highest BCUT2D eigenvalue weighted by atomic mass is 79.9. The molecule has 1 aliphatic rings. The third-order valence-corrected chi connectivity index (χ3v) is 6.65.